The van der Waals surface area contributed by atoms with Crippen LogP contribution in [0.5, 0.6) is 0 Å². The summed E-state index contributed by atoms with van der Waals surface area (Å²) < 4.78 is 0. The summed E-state index contributed by atoms with van der Waals surface area (Å²) in [4.78, 5) is 0. The number of rotatable bonds is 5. The van der Waals surface area contributed by atoms with E-state index in [1.54, 1.807) is 0 Å². The first kappa shape index (κ1) is 15.4. The van der Waals surface area contributed by atoms with E-state index in [9.17, 15) is 0 Å². The van der Waals surface area contributed by atoms with Gasteiger partial charge in [-0.2, -0.15) is 10.2 Å². The molecule has 0 aliphatic heterocycles. The molecule has 0 bridgehead atoms. The molecule has 112 valence electrons. The molecule has 1 N–H and O–H groups in total. The first-order chi connectivity index (χ1) is 9.69. The maximum Gasteiger partial charge on any atom is 0.0676 e. The fourth-order valence-corrected chi connectivity index (χ4v) is 3.73. The zero-order valence-electron chi connectivity index (χ0n) is 13.4. The Balaban J connectivity index is 2.25. The Morgan fingerprint density at radius 3 is 2.75 bits per heavy atom. The molecule has 0 amide bonds. The summed E-state index contributed by atoms with van der Waals surface area (Å²) in [5.41, 5.74) is 3.57. The first-order valence-electron chi connectivity index (χ1n) is 8.19. The number of nitrogens with one attached hydrogen (secondary N) is 1. The summed E-state index contributed by atoms with van der Waals surface area (Å²) in [6.07, 6.45) is 7.77. The van der Waals surface area contributed by atoms with Crippen molar-refractivity contribution in [3.8, 4) is 0 Å². The SMILES string of the molecule is CCc1nnc(C)cc1C(NC)C1CCCC(CC)C1. The third-order valence-corrected chi connectivity index (χ3v) is 4.88. The Bertz CT molecular complexity index is 430. The summed E-state index contributed by atoms with van der Waals surface area (Å²) in [5.74, 6) is 1.65. The zero-order chi connectivity index (χ0) is 14.5. The van der Waals surface area contributed by atoms with E-state index < -0.39 is 0 Å². The molecular weight excluding hydrogens is 246 g/mol. The van der Waals surface area contributed by atoms with Crippen molar-refractivity contribution in [2.75, 3.05) is 7.05 Å². The Morgan fingerprint density at radius 2 is 2.10 bits per heavy atom. The molecule has 3 unspecified atom stereocenters. The maximum atomic E-state index is 4.41. The lowest BCUT2D eigenvalue weighted by Gasteiger charge is -2.35. The van der Waals surface area contributed by atoms with E-state index in [0.717, 1.165) is 29.6 Å². The zero-order valence-corrected chi connectivity index (χ0v) is 13.4. The molecule has 20 heavy (non-hydrogen) atoms. The van der Waals surface area contributed by atoms with Crippen molar-refractivity contribution in [1.82, 2.24) is 15.5 Å². The van der Waals surface area contributed by atoms with Gasteiger partial charge in [-0.3, -0.25) is 0 Å². The van der Waals surface area contributed by atoms with E-state index in [4.69, 9.17) is 0 Å². The Labute approximate surface area is 123 Å². The fourth-order valence-electron chi connectivity index (χ4n) is 3.73. The molecule has 2 rings (SSSR count). The normalized spacial score (nSPS) is 24.6. The molecule has 3 nitrogen and oxygen atoms in total. The van der Waals surface area contributed by atoms with Crippen LogP contribution in [0.2, 0.25) is 0 Å². The molecular formula is C17H29N3. The van der Waals surface area contributed by atoms with E-state index in [0.29, 0.717) is 6.04 Å². The molecule has 1 saturated carbocycles. The number of hydrogen-bond acceptors (Lipinski definition) is 3. The Morgan fingerprint density at radius 1 is 1.30 bits per heavy atom. The van der Waals surface area contributed by atoms with Gasteiger partial charge >= 0.3 is 0 Å². The third-order valence-electron chi connectivity index (χ3n) is 4.88. The van der Waals surface area contributed by atoms with Gasteiger partial charge in [-0.25, -0.2) is 0 Å². The largest absolute Gasteiger partial charge is 0.313 e. The van der Waals surface area contributed by atoms with Crippen LogP contribution in [0.25, 0.3) is 0 Å². The van der Waals surface area contributed by atoms with Crippen LogP contribution in [0.1, 0.15) is 68.9 Å². The Kier molecular flexibility index (Phi) is 5.53. The van der Waals surface area contributed by atoms with Gasteiger partial charge in [-0.1, -0.05) is 33.1 Å². The molecule has 0 saturated heterocycles. The average Bonchev–Trinajstić information content (AvgIpc) is 2.48. The minimum absolute atomic E-state index is 0.438. The van der Waals surface area contributed by atoms with E-state index in [1.165, 1.54) is 37.7 Å². The van der Waals surface area contributed by atoms with Crippen LogP contribution in [-0.4, -0.2) is 17.2 Å². The molecule has 0 aromatic carbocycles. The van der Waals surface area contributed by atoms with Gasteiger partial charge in [0.15, 0.2) is 0 Å². The van der Waals surface area contributed by atoms with Crippen molar-refractivity contribution < 1.29 is 0 Å². The van der Waals surface area contributed by atoms with Crippen molar-refractivity contribution in [1.29, 1.82) is 0 Å². The van der Waals surface area contributed by atoms with Crippen molar-refractivity contribution in [3.05, 3.63) is 23.0 Å². The molecule has 1 aliphatic carbocycles. The van der Waals surface area contributed by atoms with Gasteiger partial charge in [-0.15, -0.1) is 0 Å². The van der Waals surface area contributed by atoms with Crippen LogP contribution in [-0.2, 0) is 6.42 Å². The van der Waals surface area contributed by atoms with Crippen LogP contribution in [0.4, 0.5) is 0 Å². The van der Waals surface area contributed by atoms with Crippen LogP contribution in [0.3, 0.4) is 0 Å². The highest BCUT2D eigenvalue weighted by molar-refractivity contribution is 5.25. The lowest BCUT2D eigenvalue weighted by Crippen LogP contribution is -2.30. The first-order valence-corrected chi connectivity index (χ1v) is 8.19. The van der Waals surface area contributed by atoms with Gasteiger partial charge in [0.05, 0.1) is 11.4 Å². The van der Waals surface area contributed by atoms with Crippen molar-refractivity contribution in [2.45, 2.75) is 65.3 Å². The molecule has 3 atom stereocenters. The number of nitrogens with zero attached hydrogens (tertiary/aromatic N) is 2. The fraction of sp³-hybridized carbons (Fsp3) is 0.765. The highest BCUT2D eigenvalue weighted by Crippen LogP contribution is 2.39. The monoisotopic (exact) mass is 275 g/mol. The summed E-state index contributed by atoms with van der Waals surface area (Å²) in [7, 11) is 2.09. The maximum absolute atomic E-state index is 4.41. The highest BCUT2D eigenvalue weighted by atomic mass is 15.1. The van der Waals surface area contributed by atoms with Gasteiger partial charge in [0, 0.05) is 6.04 Å². The van der Waals surface area contributed by atoms with E-state index in [1.807, 2.05) is 6.92 Å². The van der Waals surface area contributed by atoms with Gasteiger partial charge < -0.3 is 5.32 Å². The molecule has 0 radical (unpaired) electrons. The van der Waals surface area contributed by atoms with Gasteiger partial charge in [-0.05, 0) is 56.7 Å². The predicted molar refractivity (Wildman–Crippen MR) is 83.7 cm³/mol. The lowest BCUT2D eigenvalue weighted by atomic mass is 9.75. The summed E-state index contributed by atoms with van der Waals surface area (Å²) in [5, 5.41) is 12.2. The van der Waals surface area contributed by atoms with Crippen molar-refractivity contribution in [2.24, 2.45) is 11.8 Å². The third kappa shape index (κ3) is 3.38. The van der Waals surface area contributed by atoms with Gasteiger partial charge in [0.1, 0.15) is 0 Å². The van der Waals surface area contributed by atoms with Crippen LogP contribution in [0.15, 0.2) is 6.07 Å². The topological polar surface area (TPSA) is 37.8 Å². The molecule has 0 spiro atoms. The molecule has 1 aromatic rings. The Hall–Kier alpha value is -0.960. The number of aromatic nitrogens is 2. The molecule has 3 heteroatoms. The second-order valence-electron chi connectivity index (χ2n) is 6.21. The van der Waals surface area contributed by atoms with Crippen molar-refractivity contribution in [3.63, 3.8) is 0 Å². The minimum Gasteiger partial charge on any atom is -0.313 e. The van der Waals surface area contributed by atoms with Gasteiger partial charge in [0.2, 0.25) is 0 Å². The average molecular weight is 275 g/mol. The summed E-state index contributed by atoms with van der Waals surface area (Å²) >= 11 is 0. The summed E-state index contributed by atoms with van der Waals surface area (Å²) in [6, 6.07) is 2.68. The van der Waals surface area contributed by atoms with Crippen LogP contribution >= 0.6 is 0 Å². The van der Waals surface area contributed by atoms with Crippen molar-refractivity contribution >= 4 is 0 Å². The van der Waals surface area contributed by atoms with Crippen LogP contribution in [0, 0.1) is 18.8 Å². The molecule has 1 aromatic heterocycles. The second-order valence-corrected chi connectivity index (χ2v) is 6.21. The van der Waals surface area contributed by atoms with Crippen LogP contribution < -0.4 is 5.32 Å². The van der Waals surface area contributed by atoms with E-state index in [2.05, 4.69) is 42.5 Å². The summed E-state index contributed by atoms with van der Waals surface area (Å²) in [6.45, 7) is 6.54. The molecule has 1 aliphatic rings. The quantitative estimate of drug-likeness (QED) is 0.887. The minimum atomic E-state index is 0.438. The molecule has 1 heterocycles. The second kappa shape index (κ2) is 7.16. The predicted octanol–water partition coefficient (Wildman–Crippen LogP) is 3.82. The van der Waals surface area contributed by atoms with E-state index in [-0.39, 0.29) is 0 Å². The molecule has 1 fully saturated rings. The highest BCUT2D eigenvalue weighted by Gasteiger charge is 2.29. The van der Waals surface area contributed by atoms with Gasteiger partial charge in [0.25, 0.3) is 0 Å². The lowest BCUT2D eigenvalue weighted by molar-refractivity contribution is 0.214. The number of aryl methyl sites for hydroxylation is 2. The smallest absolute Gasteiger partial charge is 0.0676 e. The number of hydrogen-bond donors (Lipinski definition) is 1. The van der Waals surface area contributed by atoms with E-state index >= 15 is 0 Å². The standard InChI is InChI=1S/C17H29N3/c1-5-13-8-7-9-14(11-13)17(18-4)15-10-12(3)19-20-16(15)6-2/h10,13-14,17-18H,5-9,11H2,1-4H3.